The predicted octanol–water partition coefficient (Wildman–Crippen LogP) is 6.53. The second-order valence-electron chi connectivity index (χ2n) is 9.63. The van der Waals surface area contributed by atoms with Crippen molar-refractivity contribution in [1.82, 2.24) is 4.90 Å². The van der Waals surface area contributed by atoms with E-state index in [1.165, 1.54) is 12.0 Å². The summed E-state index contributed by atoms with van der Waals surface area (Å²) in [6.07, 6.45) is 12.7. The molecular formula is C28H42FNO. The molecule has 0 saturated carbocycles. The Kier molecular flexibility index (Phi) is 10.7. The van der Waals surface area contributed by atoms with E-state index in [4.69, 9.17) is 0 Å². The number of likely N-dealkylation sites (tertiary alicyclic amines) is 1. The predicted molar refractivity (Wildman–Crippen MR) is 131 cm³/mol. The van der Waals surface area contributed by atoms with Crippen molar-refractivity contribution in [3.8, 4) is 0 Å². The lowest BCUT2D eigenvalue weighted by Crippen LogP contribution is -2.39. The van der Waals surface area contributed by atoms with Crippen molar-refractivity contribution in [2.24, 2.45) is 17.8 Å². The van der Waals surface area contributed by atoms with E-state index < -0.39 is 0 Å². The molecule has 1 aliphatic rings. The molecule has 2 rings (SSSR count). The van der Waals surface area contributed by atoms with E-state index in [1.54, 1.807) is 12.1 Å². The second-order valence-corrected chi connectivity index (χ2v) is 9.63. The summed E-state index contributed by atoms with van der Waals surface area (Å²) >= 11 is 0. The molecule has 0 bridgehead atoms. The highest BCUT2D eigenvalue weighted by molar-refractivity contribution is 5.34. The van der Waals surface area contributed by atoms with Gasteiger partial charge in [0.15, 0.2) is 0 Å². The van der Waals surface area contributed by atoms with Crippen LogP contribution in [-0.4, -0.2) is 36.2 Å². The molecule has 0 radical (unpaired) electrons. The normalized spacial score (nSPS) is 20.9. The summed E-state index contributed by atoms with van der Waals surface area (Å²) in [7, 11) is 0. The molecule has 0 aliphatic carbocycles. The SMILES string of the molecule is C=C(C)Cc1ccc(F)cc1[C@H](C)[C@@H](/C=C/C=C\C)C[C@H](C)CN1CCCC(CO)C1. The summed E-state index contributed by atoms with van der Waals surface area (Å²) in [4.78, 5) is 2.52. The lowest BCUT2D eigenvalue weighted by atomic mass is 9.79. The Labute approximate surface area is 189 Å². The smallest absolute Gasteiger partial charge is 0.123 e. The molecular weight excluding hydrogens is 385 g/mol. The number of hydrogen-bond acceptors (Lipinski definition) is 2. The Balaban J connectivity index is 2.17. The van der Waals surface area contributed by atoms with Crippen molar-refractivity contribution in [1.29, 1.82) is 0 Å². The Morgan fingerprint density at radius 3 is 2.77 bits per heavy atom. The molecule has 1 aromatic carbocycles. The van der Waals surface area contributed by atoms with E-state index in [0.29, 0.717) is 24.4 Å². The van der Waals surface area contributed by atoms with Crippen LogP contribution >= 0.6 is 0 Å². The molecule has 3 heteroatoms. The van der Waals surface area contributed by atoms with E-state index in [-0.39, 0.29) is 11.7 Å². The van der Waals surface area contributed by atoms with Crippen LogP contribution in [0.3, 0.4) is 0 Å². The van der Waals surface area contributed by atoms with Crippen molar-refractivity contribution < 1.29 is 9.50 Å². The van der Waals surface area contributed by atoms with Crippen molar-refractivity contribution in [3.63, 3.8) is 0 Å². The van der Waals surface area contributed by atoms with Crippen LogP contribution in [0.25, 0.3) is 0 Å². The van der Waals surface area contributed by atoms with Crippen molar-refractivity contribution in [3.05, 3.63) is 71.6 Å². The Hall–Kier alpha value is -1.71. The third kappa shape index (κ3) is 8.38. The van der Waals surface area contributed by atoms with Crippen molar-refractivity contribution >= 4 is 0 Å². The van der Waals surface area contributed by atoms with Gasteiger partial charge in [-0.2, -0.15) is 0 Å². The fourth-order valence-corrected chi connectivity index (χ4v) is 4.92. The number of halogens is 1. The Morgan fingerprint density at radius 2 is 2.10 bits per heavy atom. The van der Waals surface area contributed by atoms with E-state index >= 15 is 0 Å². The number of benzene rings is 1. The van der Waals surface area contributed by atoms with Crippen molar-refractivity contribution in [2.75, 3.05) is 26.2 Å². The first-order chi connectivity index (χ1) is 14.8. The number of piperidine rings is 1. The minimum atomic E-state index is -0.167. The lowest BCUT2D eigenvalue weighted by Gasteiger charge is -2.35. The van der Waals surface area contributed by atoms with E-state index in [9.17, 15) is 9.50 Å². The number of aliphatic hydroxyl groups excluding tert-OH is 1. The first-order valence-corrected chi connectivity index (χ1v) is 11.9. The first kappa shape index (κ1) is 25.5. The van der Waals surface area contributed by atoms with Crippen LogP contribution in [-0.2, 0) is 6.42 Å². The van der Waals surface area contributed by atoms with Crippen LogP contribution in [0.2, 0.25) is 0 Å². The van der Waals surface area contributed by atoms with Crippen LogP contribution in [0.5, 0.6) is 0 Å². The maximum absolute atomic E-state index is 14.2. The quantitative estimate of drug-likeness (QED) is 0.321. The highest BCUT2D eigenvalue weighted by atomic mass is 19.1. The number of rotatable bonds is 11. The molecule has 1 aromatic rings. The maximum Gasteiger partial charge on any atom is 0.123 e. The molecule has 1 aliphatic heterocycles. The molecule has 1 fully saturated rings. The van der Waals surface area contributed by atoms with Gasteiger partial charge in [-0.1, -0.05) is 56.4 Å². The third-order valence-corrected chi connectivity index (χ3v) is 6.50. The summed E-state index contributed by atoms with van der Waals surface area (Å²) < 4.78 is 14.2. The molecule has 31 heavy (non-hydrogen) atoms. The Bertz CT molecular complexity index is 753. The van der Waals surface area contributed by atoms with Crippen LogP contribution in [0.4, 0.5) is 4.39 Å². The topological polar surface area (TPSA) is 23.5 Å². The molecule has 0 aromatic heterocycles. The average molecular weight is 428 g/mol. The first-order valence-electron chi connectivity index (χ1n) is 11.9. The summed E-state index contributed by atoms with van der Waals surface area (Å²) in [6, 6.07) is 5.21. The summed E-state index contributed by atoms with van der Waals surface area (Å²) in [6.45, 7) is 16.2. The fraction of sp³-hybridized carbons (Fsp3) is 0.571. The van der Waals surface area contributed by atoms with Gasteiger partial charge in [0.1, 0.15) is 5.82 Å². The number of nitrogens with zero attached hydrogens (tertiary/aromatic N) is 1. The van der Waals surface area contributed by atoms with Gasteiger partial charge in [0.25, 0.3) is 0 Å². The minimum absolute atomic E-state index is 0.167. The highest BCUT2D eigenvalue weighted by Crippen LogP contribution is 2.34. The zero-order valence-electron chi connectivity index (χ0n) is 20.0. The van der Waals surface area contributed by atoms with Crippen LogP contribution in [0.1, 0.15) is 64.0 Å². The molecule has 4 atom stereocenters. The number of aliphatic hydroxyl groups is 1. The van der Waals surface area contributed by atoms with Gasteiger partial charge in [0.05, 0.1) is 0 Å². The minimum Gasteiger partial charge on any atom is -0.396 e. The summed E-state index contributed by atoms with van der Waals surface area (Å²) in [5.41, 5.74) is 3.38. The van der Waals surface area contributed by atoms with Gasteiger partial charge >= 0.3 is 0 Å². The van der Waals surface area contributed by atoms with Crippen molar-refractivity contribution in [2.45, 2.75) is 59.3 Å². The van der Waals surface area contributed by atoms with Gasteiger partial charge in [-0.25, -0.2) is 4.39 Å². The van der Waals surface area contributed by atoms with E-state index in [2.05, 4.69) is 43.6 Å². The molecule has 1 heterocycles. The third-order valence-electron chi connectivity index (χ3n) is 6.50. The average Bonchev–Trinajstić information content (AvgIpc) is 2.73. The highest BCUT2D eigenvalue weighted by Gasteiger charge is 2.25. The molecule has 1 saturated heterocycles. The Morgan fingerprint density at radius 1 is 1.32 bits per heavy atom. The second kappa shape index (κ2) is 13.0. The molecule has 172 valence electrons. The standard InChI is InChI=1S/C28H42FNO/c1-6-7-8-11-25(16-22(4)18-30-14-9-10-24(19-30)20-31)23(5)28-17-27(29)13-12-26(28)15-21(2)3/h6-8,11-13,17,22-25,31H,2,9-10,14-16,18-20H2,1,3-5H3/b7-6-,11-8+/t22-,23+,24?,25-/m0/s1. The van der Waals surface area contributed by atoms with Gasteiger partial charge in [0.2, 0.25) is 0 Å². The zero-order valence-corrected chi connectivity index (χ0v) is 20.0. The number of allylic oxidation sites excluding steroid dienone is 5. The fourth-order valence-electron chi connectivity index (χ4n) is 4.92. The van der Waals surface area contributed by atoms with E-state index in [0.717, 1.165) is 50.0 Å². The van der Waals surface area contributed by atoms with Gasteiger partial charge in [0, 0.05) is 19.7 Å². The number of hydrogen-bond donors (Lipinski definition) is 1. The largest absolute Gasteiger partial charge is 0.396 e. The molecule has 0 amide bonds. The van der Waals surface area contributed by atoms with Gasteiger partial charge in [-0.05, 0) is 93.0 Å². The monoisotopic (exact) mass is 427 g/mol. The zero-order chi connectivity index (χ0) is 22.8. The van der Waals surface area contributed by atoms with Gasteiger partial charge < -0.3 is 10.0 Å². The maximum atomic E-state index is 14.2. The molecule has 1 unspecified atom stereocenters. The van der Waals surface area contributed by atoms with Gasteiger partial charge in [-0.3, -0.25) is 0 Å². The summed E-state index contributed by atoms with van der Waals surface area (Å²) in [5, 5.41) is 9.54. The molecule has 2 nitrogen and oxygen atoms in total. The summed E-state index contributed by atoms with van der Waals surface area (Å²) in [5.74, 6) is 1.33. The molecule has 1 N–H and O–H groups in total. The van der Waals surface area contributed by atoms with Crippen LogP contribution in [0, 0.1) is 23.6 Å². The van der Waals surface area contributed by atoms with Crippen LogP contribution in [0.15, 0.2) is 54.7 Å². The molecule has 0 spiro atoms. The lowest BCUT2D eigenvalue weighted by molar-refractivity contribution is 0.106. The van der Waals surface area contributed by atoms with E-state index in [1.807, 2.05) is 26.0 Å². The van der Waals surface area contributed by atoms with Crippen LogP contribution < -0.4 is 0 Å². The van der Waals surface area contributed by atoms with Gasteiger partial charge in [-0.15, -0.1) is 0 Å².